The van der Waals surface area contributed by atoms with E-state index < -0.39 is 5.97 Å². The van der Waals surface area contributed by atoms with Crippen molar-refractivity contribution in [2.45, 2.75) is 13.0 Å². The Hall–Kier alpha value is -2.24. The zero-order valence-corrected chi connectivity index (χ0v) is 9.10. The van der Waals surface area contributed by atoms with E-state index in [4.69, 9.17) is 0 Å². The predicted octanol–water partition coefficient (Wildman–Crippen LogP) is 1.39. The molecule has 1 aliphatic heterocycles. The van der Waals surface area contributed by atoms with Crippen LogP contribution in [0.3, 0.4) is 0 Å². The summed E-state index contributed by atoms with van der Waals surface area (Å²) in [7, 11) is 0. The number of carboxylic acids is 1. The summed E-state index contributed by atoms with van der Waals surface area (Å²) < 4.78 is 1.72. The minimum absolute atomic E-state index is 0.245. The molecule has 0 saturated heterocycles. The molecular weight excluding hydrogens is 220 g/mol. The van der Waals surface area contributed by atoms with Crippen molar-refractivity contribution in [1.82, 2.24) is 14.5 Å². The Balaban J connectivity index is 2.21. The molecule has 0 amide bonds. The van der Waals surface area contributed by atoms with Crippen LogP contribution in [-0.2, 0) is 6.54 Å². The molecular formula is C11H12N4O2. The minimum Gasteiger partial charge on any atom is -0.477 e. The summed E-state index contributed by atoms with van der Waals surface area (Å²) in [5, 5.41) is 12.4. The Kier molecular flexibility index (Phi) is 2.14. The number of fused-ring (bicyclic) bond motifs is 1. The predicted molar refractivity (Wildman–Crippen MR) is 62.1 cm³/mol. The summed E-state index contributed by atoms with van der Waals surface area (Å²) in [5.74, 6) is -0.310. The molecule has 17 heavy (non-hydrogen) atoms. The fourth-order valence-corrected chi connectivity index (χ4v) is 2.13. The van der Waals surface area contributed by atoms with Crippen LogP contribution in [0.4, 0.5) is 5.95 Å². The smallest absolute Gasteiger partial charge is 0.354 e. The lowest BCUT2D eigenvalue weighted by Gasteiger charge is -2.16. The molecule has 0 unspecified atom stereocenters. The highest BCUT2D eigenvalue weighted by Gasteiger charge is 2.25. The number of H-pyrrole nitrogens is 1. The molecule has 0 radical (unpaired) electrons. The Morgan fingerprint density at radius 3 is 3.12 bits per heavy atom. The van der Waals surface area contributed by atoms with Crippen molar-refractivity contribution in [3.8, 4) is 11.4 Å². The number of nitrogens with one attached hydrogen (secondary N) is 2. The molecule has 0 bridgehead atoms. The van der Waals surface area contributed by atoms with Gasteiger partial charge in [0, 0.05) is 19.3 Å². The molecule has 2 aromatic rings. The monoisotopic (exact) mass is 232 g/mol. The molecule has 0 aliphatic carbocycles. The Morgan fingerprint density at radius 2 is 2.41 bits per heavy atom. The first-order valence-corrected chi connectivity index (χ1v) is 5.49. The van der Waals surface area contributed by atoms with Crippen molar-refractivity contribution in [2.75, 3.05) is 11.9 Å². The normalized spacial score (nSPS) is 14.1. The van der Waals surface area contributed by atoms with Gasteiger partial charge in [-0.2, -0.15) is 0 Å². The van der Waals surface area contributed by atoms with E-state index in [9.17, 15) is 9.90 Å². The average Bonchev–Trinajstić information content (AvgIpc) is 2.95. The van der Waals surface area contributed by atoms with E-state index in [0.29, 0.717) is 18.2 Å². The minimum atomic E-state index is -0.947. The lowest BCUT2D eigenvalue weighted by Crippen LogP contribution is -2.20. The van der Waals surface area contributed by atoms with Gasteiger partial charge in [-0.15, -0.1) is 0 Å². The molecule has 0 saturated carbocycles. The van der Waals surface area contributed by atoms with E-state index >= 15 is 0 Å². The third kappa shape index (κ3) is 1.49. The van der Waals surface area contributed by atoms with Crippen LogP contribution in [0.15, 0.2) is 18.3 Å². The number of carboxylic acid groups (broad SMARTS) is 1. The average molecular weight is 232 g/mol. The van der Waals surface area contributed by atoms with Crippen LogP contribution >= 0.6 is 0 Å². The quantitative estimate of drug-likeness (QED) is 0.730. The summed E-state index contributed by atoms with van der Waals surface area (Å²) >= 11 is 0. The first kappa shape index (κ1) is 9.95. The highest BCUT2D eigenvalue weighted by atomic mass is 16.4. The van der Waals surface area contributed by atoms with Gasteiger partial charge in [0.2, 0.25) is 5.95 Å². The van der Waals surface area contributed by atoms with Crippen LogP contribution in [0.5, 0.6) is 0 Å². The third-order valence-electron chi connectivity index (χ3n) is 2.86. The summed E-state index contributed by atoms with van der Waals surface area (Å²) in [4.78, 5) is 18.7. The maximum absolute atomic E-state index is 11.3. The molecule has 0 fully saturated rings. The van der Waals surface area contributed by atoms with E-state index in [1.165, 1.54) is 0 Å². The molecule has 0 atom stereocenters. The second-order valence-corrected chi connectivity index (χ2v) is 3.95. The van der Waals surface area contributed by atoms with Gasteiger partial charge in [0.1, 0.15) is 5.69 Å². The van der Waals surface area contributed by atoms with Crippen LogP contribution in [0.2, 0.25) is 0 Å². The van der Waals surface area contributed by atoms with E-state index in [0.717, 1.165) is 18.7 Å². The van der Waals surface area contributed by atoms with E-state index in [1.807, 2.05) is 12.1 Å². The van der Waals surface area contributed by atoms with Gasteiger partial charge < -0.3 is 20.0 Å². The van der Waals surface area contributed by atoms with Gasteiger partial charge in [0.05, 0.1) is 5.69 Å². The number of carbonyl (C=O) groups is 1. The fraction of sp³-hybridized carbons (Fsp3) is 0.273. The van der Waals surface area contributed by atoms with Crippen LogP contribution in [-0.4, -0.2) is 32.2 Å². The SMILES string of the molecule is O=C(O)c1c(-c2ccc[nH]2)nc2n1CCCN2. The molecule has 6 heteroatoms. The molecule has 3 heterocycles. The molecule has 6 nitrogen and oxygen atoms in total. The van der Waals surface area contributed by atoms with Crippen molar-refractivity contribution in [3.05, 3.63) is 24.0 Å². The fourth-order valence-electron chi connectivity index (χ4n) is 2.13. The number of hydrogen-bond acceptors (Lipinski definition) is 3. The number of imidazole rings is 1. The van der Waals surface area contributed by atoms with Gasteiger partial charge in [-0.1, -0.05) is 0 Å². The van der Waals surface area contributed by atoms with Gasteiger partial charge >= 0.3 is 5.97 Å². The second-order valence-electron chi connectivity index (χ2n) is 3.95. The topological polar surface area (TPSA) is 82.9 Å². The number of anilines is 1. The maximum atomic E-state index is 11.3. The third-order valence-corrected chi connectivity index (χ3v) is 2.86. The van der Waals surface area contributed by atoms with Crippen molar-refractivity contribution in [1.29, 1.82) is 0 Å². The van der Waals surface area contributed by atoms with Crippen molar-refractivity contribution in [3.63, 3.8) is 0 Å². The largest absolute Gasteiger partial charge is 0.477 e. The van der Waals surface area contributed by atoms with Crippen molar-refractivity contribution >= 4 is 11.9 Å². The van der Waals surface area contributed by atoms with Gasteiger partial charge in [-0.05, 0) is 18.6 Å². The van der Waals surface area contributed by atoms with Gasteiger partial charge in [0.25, 0.3) is 0 Å². The van der Waals surface area contributed by atoms with Crippen LogP contribution < -0.4 is 5.32 Å². The van der Waals surface area contributed by atoms with Crippen molar-refractivity contribution < 1.29 is 9.90 Å². The summed E-state index contributed by atoms with van der Waals surface area (Å²) in [6.07, 6.45) is 2.67. The van der Waals surface area contributed by atoms with E-state index in [2.05, 4.69) is 15.3 Å². The van der Waals surface area contributed by atoms with Crippen LogP contribution in [0.1, 0.15) is 16.9 Å². The van der Waals surface area contributed by atoms with E-state index in [-0.39, 0.29) is 5.69 Å². The van der Waals surface area contributed by atoms with E-state index in [1.54, 1.807) is 10.8 Å². The highest BCUT2D eigenvalue weighted by molar-refractivity contribution is 5.93. The second kappa shape index (κ2) is 3.65. The van der Waals surface area contributed by atoms with Crippen LogP contribution in [0, 0.1) is 0 Å². The molecule has 3 N–H and O–H groups in total. The molecule has 2 aromatic heterocycles. The van der Waals surface area contributed by atoms with Crippen LogP contribution in [0.25, 0.3) is 11.4 Å². The summed E-state index contributed by atoms with van der Waals surface area (Å²) in [6, 6.07) is 3.65. The number of hydrogen-bond donors (Lipinski definition) is 3. The zero-order chi connectivity index (χ0) is 11.8. The lowest BCUT2D eigenvalue weighted by atomic mass is 10.2. The van der Waals surface area contributed by atoms with Gasteiger partial charge in [0.15, 0.2) is 5.69 Å². The molecule has 88 valence electrons. The maximum Gasteiger partial charge on any atom is 0.354 e. The number of aromatic nitrogens is 3. The number of nitrogens with zero attached hydrogens (tertiary/aromatic N) is 2. The number of rotatable bonds is 2. The van der Waals surface area contributed by atoms with Gasteiger partial charge in [-0.25, -0.2) is 9.78 Å². The summed E-state index contributed by atoms with van der Waals surface area (Å²) in [6.45, 7) is 1.53. The highest BCUT2D eigenvalue weighted by Crippen LogP contribution is 2.27. The number of aromatic carboxylic acids is 1. The Labute approximate surface area is 97.3 Å². The molecule has 0 aromatic carbocycles. The Morgan fingerprint density at radius 1 is 1.53 bits per heavy atom. The molecule has 0 spiro atoms. The standard InChI is InChI=1S/C11H12N4O2/c16-10(17)9-8(7-3-1-4-12-7)14-11-13-5-2-6-15(9)11/h1,3-4,12H,2,5-6H2,(H,13,14)(H,16,17). The van der Waals surface area contributed by atoms with Crippen molar-refractivity contribution in [2.24, 2.45) is 0 Å². The van der Waals surface area contributed by atoms with Gasteiger partial charge in [-0.3, -0.25) is 0 Å². The lowest BCUT2D eigenvalue weighted by molar-refractivity contribution is 0.0685. The first-order valence-electron chi connectivity index (χ1n) is 5.49. The zero-order valence-electron chi connectivity index (χ0n) is 9.10. The molecule has 1 aliphatic rings. The molecule has 3 rings (SSSR count). The Bertz CT molecular complexity index is 556. The number of aromatic amines is 1. The first-order chi connectivity index (χ1) is 8.27. The summed E-state index contributed by atoms with van der Waals surface area (Å²) in [5.41, 5.74) is 1.47.